The van der Waals surface area contributed by atoms with Gasteiger partial charge in [0.05, 0.1) is 11.7 Å². The first-order valence-electron chi connectivity index (χ1n) is 5.37. The molecule has 0 aliphatic heterocycles. The summed E-state index contributed by atoms with van der Waals surface area (Å²) >= 11 is 0. The summed E-state index contributed by atoms with van der Waals surface area (Å²) in [6, 6.07) is 5.07. The monoisotopic (exact) mass is 252 g/mol. The highest BCUT2D eigenvalue weighted by atomic mass is 19.1. The molecule has 0 bridgehead atoms. The lowest BCUT2D eigenvalue weighted by Gasteiger charge is -2.12. The van der Waals surface area contributed by atoms with Crippen LogP contribution in [0.4, 0.5) is 13.2 Å². The van der Waals surface area contributed by atoms with Gasteiger partial charge in [-0.15, -0.1) is 0 Å². The summed E-state index contributed by atoms with van der Waals surface area (Å²) in [5.41, 5.74) is 6.23. The van der Waals surface area contributed by atoms with Crippen LogP contribution in [0.2, 0.25) is 0 Å². The Morgan fingerprint density at radius 3 is 2.39 bits per heavy atom. The van der Waals surface area contributed by atoms with Crippen molar-refractivity contribution in [3.8, 4) is 0 Å². The average Bonchev–Trinajstić information content (AvgIpc) is 2.27. The lowest BCUT2D eigenvalue weighted by atomic mass is 10.0. The second-order valence-corrected chi connectivity index (χ2v) is 3.96. The van der Waals surface area contributed by atoms with Crippen LogP contribution in [0.15, 0.2) is 36.5 Å². The quantitative estimate of drug-likeness (QED) is 0.912. The van der Waals surface area contributed by atoms with E-state index in [1.807, 2.05) is 0 Å². The van der Waals surface area contributed by atoms with Crippen LogP contribution in [0.25, 0.3) is 0 Å². The first-order valence-corrected chi connectivity index (χ1v) is 5.37. The molecule has 0 aliphatic rings. The van der Waals surface area contributed by atoms with Crippen LogP contribution in [0.1, 0.15) is 17.3 Å². The van der Waals surface area contributed by atoms with Crippen LogP contribution in [-0.4, -0.2) is 4.98 Å². The second-order valence-electron chi connectivity index (χ2n) is 3.96. The van der Waals surface area contributed by atoms with Crippen LogP contribution in [0, 0.1) is 17.5 Å². The Hall–Kier alpha value is -1.88. The molecule has 1 atom stereocenters. The van der Waals surface area contributed by atoms with E-state index in [-0.39, 0.29) is 12.1 Å². The van der Waals surface area contributed by atoms with Crippen molar-refractivity contribution in [2.75, 3.05) is 0 Å². The predicted octanol–water partition coefficient (Wildman–Crippen LogP) is 2.74. The zero-order valence-electron chi connectivity index (χ0n) is 9.41. The maximum absolute atomic E-state index is 13.4. The normalized spacial score (nSPS) is 12.4. The number of nitrogens with two attached hydrogens (primary N) is 1. The molecule has 0 spiro atoms. The molecule has 1 aromatic carbocycles. The second kappa shape index (κ2) is 5.18. The third-order valence-corrected chi connectivity index (χ3v) is 2.52. The zero-order valence-corrected chi connectivity index (χ0v) is 9.41. The Bertz CT molecular complexity index is 537. The van der Waals surface area contributed by atoms with E-state index in [1.54, 1.807) is 0 Å². The van der Waals surface area contributed by atoms with Gasteiger partial charge in [0.15, 0.2) is 0 Å². The van der Waals surface area contributed by atoms with Crippen molar-refractivity contribution in [2.24, 2.45) is 5.73 Å². The van der Waals surface area contributed by atoms with Crippen LogP contribution in [0.3, 0.4) is 0 Å². The summed E-state index contributed by atoms with van der Waals surface area (Å²) in [7, 11) is 0. The van der Waals surface area contributed by atoms with Gasteiger partial charge in [-0.1, -0.05) is 0 Å². The van der Waals surface area contributed by atoms with E-state index in [4.69, 9.17) is 5.73 Å². The summed E-state index contributed by atoms with van der Waals surface area (Å²) in [5, 5.41) is 0. The van der Waals surface area contributed by atoms with Crippen molar-refractivity contribution >= 4 is 0 Å². The standard InChI is InChI=1S/C13H11F3N2/c14-9-4-8(5-10(15)7-9)6-12(17)13-11(16)2-1-3-18-13/h1-5,7,12H,6,17H2. The summed E-state index contributed by atoms with van der Waals surface area (Å²) in [6.07, 6.45) is 1.53. The molecule has 0 amide bonds. The first-order chi connectivity index (χ1) is 8.56. The van der Waals surface area contributed by atoms with Crippen LogP contribution >= 0.6 is 0 Å². The fourth-order valence-electron chi connectivity index (χ4n) is 1.75. The molecule has 94 valence electrons. The number of benzene rings is 1. The number of nitrogens with zero attached hydrogens (tertiary/aromatic N) is 1. The number of hydrogen-bond donors (Lipinski definition) is 1. The lowest BCUT2D eigenvalue weighted by molar-refractivity contribution is 0.556. The van der Waals surface area contributed by atoms with Gasteiger partial charge in [-0.2, -0.15) is 0 Å². The Kier molecular flexibility index (Phi) is 3.62. The number of hydrogen-bond acceptors (Lipinski definition) is 2. The molecule has 0 aliphatic carbocycles. The van der Waals surface area contributed by atoms with E-state index in [9.17, 15) is 13.2 Å². The molecular formula is C13H11F3N2. The van der Waals surface area contributed by atoms with Crippen molar-refractivity contribution < 1.29 is 13.2 Å². The maximum atomic E-state index is 13.4. The van der Waals surface area contributed by atoms with Gasteiger partial charge in [-0.05, 0) is 36.2 Å². The van der Waals surface area contributed by atoms with E-state index in [0.717, 1.165) is 6.07 Å². The predicted molar refractivity (Wildman–Crippen MR) is 61.2 cm³/mol. The van der Waals surface area contributed by atoms with E-state index in [0.29, 0.717) is 5.56 Å². The largest absolute Gasteiger partial charge is 0.322 e. The number of halogens is 3. The summed E-state index contributed by atoms with van der Waals surface area (Å²) in [5.74, 6) is -1.89. The topological polar surface area (TPSA) is 38.9 Å². The van der Waals surface area contributed by atoms with Crippen LogP contribution in [-0.2, 0) is 6.42 Å². The van der Waals surface area contributed by atoms with Gasteiger partial charge in [0, 0.05) is 12.3 Å². The van der Waals surface area contributed by atoms with E-state index in [2.05, 4.69) is 4.98 Å². The minimum atomic E-state index is -0.743. The smallest absolute Gasteiger partial charge is 0.146 e. The Morgan fingerprint density at radius 2 is 1.78 bits per heavy atom. The average molecular weight is 252 g/mol. The SMILES string of the molecule is NC(Cc1cc(F)cc(F)c1)c1ncccc1F. The molecular weight excluding hydrogens is 241 g/mol. The summed E-state index contributed by atoms with van der Waals surface area (Å²) < 4.78 is 39.4. The van der Waals surface area contributed by atoms with Gasteiger partial charge >= 0.3 is 0 Å². The minimum Gasteiger partial charge on any atom is -0.322 e. The number of aromatic nitrogens is 1. The molecule has 0 fully saturated rings. The molecule has 5 heteroatoms. The highest BCUT2D eigenvalue weighted by Crippen LogP contribution is 2.18. The van der Waals surface area contributed by atoms with Gasteiger partial charge in [0.2, 0.25) is 0 Å². The highest BCUT2D eigenvalue weighted by Gasteiger charge is 2.14. The Labute approximate surface area is 102 Å². The van der Waals surface area contributed by atoms with Crippen molar-refractivity contribution in [1.29, 1.82) is 0 Å². The third-order valence-electron chi connectivity index (χ3n) is 2.52. The highest BCUT2D eigenvalue weighted by molar-refractivity contribution is 5.21. The lowest BCUT2D eigenvalue weighted by Crippen LogP contribution is -2.16. The molecule has 1 heterocycles. The van der Waals surface area contributed by atoms with Gasteiger partial charge in [-0.25, -0.2) is 13.2 Å². The van der Waals surface area contributed by atoms with Crippen molar-refractivity contribution in [3.63, 3.8) is 0 Å². The van der Waals surface area contributed by atoms with Crippen LogP contribution in [0.5, 0.6) is 0 Å². The van der Waals surface area contributed by atoms with Gasteiger partial charge in [-0.3, -0.25) is 4.98 Å². The minimum absolute atomic E-state index is 0.0853. The molecule has 2 rings (SSSR count). The van der Waals surface area contributed by atoms with Crippen molar-refractivity contribution in [2.45, 2.75) is 12.5 Å². The Balaban J connectivity index is 2.21. The molecule has 1 aromatic heterocycles. The molecule has 18 heavy (non-hydrogen) atoms. The maximum Gasteiger partial charge on any atom is 0.146 e. The molecule has 2 nitrogen and oxygen atoms in total. The fraction of sp³-hybridized carbons (Fsp3) is 0.154. The van der Waals surface area contributed by atoms with E-state index >= 15 is 0 Å². The van der Waals surface area contributed by atoms with Gasteiger partial charge < -0.3 is 5.73 Å². The summed E-state index contributed by atoms with van der Waals surface area (Å²) in [4.78, 5) is 3.83. The van der Waals surface area contributed by atoms with Crippen LogP contribution < -0.4 is 5.73 Å². The first kappa shape index (κ1) is 12.6. The van der Waals surface area contributed by atoms with E-state index < -0.39 is 23.5 Å². The molecule has 2 aromatic rings. The molecule has 1 unspecified atom stereocenters. The molecule has 2 N–H and O–H groups in total. The van der Waals surface area contributed by atoms with Crippen molar-refractivity contribution in [3.05, 3.63) is 65.2 Å². The summed E-state index contributed by atoms with van der Waals surface area (Å²) in [6.45, 7) is 0. The molecule has 0 saturated carbocycles. The number of rotatable bonds is 3. The zero-order chi connectivity index (χ0) is 13.1. The fourth-order valence-corrected chi connectivity index (χ4v) is 1.75. The number of pyridine rings is 1. The van der Waals surface area contributed by atoms with Crippen molar-refractivity contribution in [1.82, 2.24) is 4.98 Å². The Morgan fingerprint density at radius 1 is 1.11 bits per heavy atom. The third kappa shape index (κ3) is 2.87. The van der Waals surface area contributed by atoms with Gasteiger partial charge in [0.25, 0.3) is 0 Å². The van der Waals surface area contributed by atoms with Gasteiger partial charge in [0.1, 0.15) is 17.5 Å². The van der Waals surface area contributed by atoms with E-state index in [1.165, 1.54) is 30.5 Å². The molecule has 0 radical (unpaired) electrons. The molecule has 0 saturated heterocycles.